The maximum atomic E-state index is 10.8. The van der Waals surface area contributed by atoms with Crippen LogP contribution in [0, 0.1) is 5.92 Å². The molecule has 0 aromatic rings. The molecular formula is C7H13ClO2S. The molecule has 0 N–H and O–H groups in total. The average molecular weight is 197 g/mol. The van der Waals surface area contributed by atoms with Gasteiger partial charge in [-0.1, -0.05) is 19.9 Å². The summed E-state index contributed by atoms with van der Waals surface area (Å²) in [7, 11) is 1.69. The van der Waals surface area contributed by atoms with E-state index in [1.165, 1.54) is 6.08 Å². The standard InChI is InChI=1S/C7H13ClO2S/c1-4-7(5-6(2)3)11(8,9)10/h4,6-7H,1,5H2,2-3H3. The summed E-state index contributed by atoms with van der Waals surface area (Å²) in [6.45, 7) is 7.30. The van der Waals surface area contributed by atoms with Crippen LogP contribution in [-0.2, 0) is 9.05 Å². The minimum Gasteiger partial charge on any atom is -0.212 e. The van der Waals surface area contributed by atoms with E-state index in [0.29, 0.717) is 12.3 Å². The molecule has 0 spiro atoms. The Balaban J connectivity index is 4.32. The Morgan fingerprint density at radius 2 is 2.00 bits per heavy atom. The first kappa shape index (κ1) is 11.0. The van der Waals surface area contributed by atoms with Gasteiger partial charge in [-0.3, -0.25) is 0 Å². The Morgan fingerprint density at radius 3 is 2.09 bits per heavy atom. The molecule has 0 aliphatic carbocycles. The Labute approximate surface area is 72.7 Å². The molecule has 0 heterocycles. The summed E-state index contributed by atoms with van der Waals surface area (Å²) in [6.07, 6.45) is 1.91. The zero-order valence-corrected chi connectivity index (χ0v) is 8.32. The van der Waals surface area contributed by atoms with E-state index < -0.39 is 14.3 Å². The third kappa shape index (κ3) is 4.43. The highest BCUT2D eigenvalue weighted by atomic mass is 35.7. The average Bonchev–Trinajstić information content (AvgIpc) is 1.79. The first-order chi connectivity index (χ1) is 4.88. The molecule has 11 heavy (non-hydrogen) atoms. The molecule has 0 aliphatic heterocycles. The molecule has 0 radical (unpaired) electrons. The molecular weight excluding hydrogens is 184 g/mol. The Bertz CT molecular complexity index is 219. The Hall–Kier alpha value is -0.0200. The zero-order chi connectivity index (χ0) is 9.07. The predicted molar refractivity (Wildman–Crippen MR) is 48.2 cm³/mol. The first-order valence-electron chi connectivity index (χ1n) is 3.44. The van der Waals surface area contributed by atoms with Gasteiger partial charge in [0, 0.05) is 10.7 Å². The van der Waals surface area contributed by atoms with Crippen LogP contribution >= 0.6 is 10.7 Å². The third-order valence-corrected chi connectivity index (χ3v) is 3.12. The molecule has 1 atom stereocenters. The van der Waals surface area contributed by atoms with Crippen LogP contribution in [0.2, 0.25) is 0 Å². The van der Waals surface area contributed by atoms with Crippen molar-refractivity contribution in [3.05, 3.63) is 12.7 Å². The van der Waals surface area contributed by atoms with Gasteiger partial charge in [-0.2, -0.15) is 0 Å². The summed E-state index contributed by atoms with van der Waals surface area (Å²) in [4.78, 5) is 0. The van der Waals surface area contributed by atoms with E-state index in [4.69, 9.17) is 10.7 Å². The van der Waals surface area contributed by atoms with Gasteiger partial charge in [0.1, 0.15) is 0 Å². The minimum atomic E-state index is -3.46. The van der Waals surface area contributed by atoms with Crippen molar-refractivity contribution >= 4 is 19.7 Å². The van der Waals surface area contributed by atoms with Crippen LogP contribution in [0.1, 0.15) is 20.3 Å². The van der Waals surface area contributed by atoms with Crippen LogP contribution in [0.4, 0.5) is 0 Å². The largest absolute Gasteiger partial charge is 0.239 e. The van der Waals surface area contributed by atoms with Crippen LogP contribution < -0.4 is 0 Å². The van der Waals surface area contributed by atoms with Gasteiger partial charge >= 0.3 is 0 Å². The smallest absolute Gasteiger partial charge is 0.212 e. The van der Waals surface area contributed by atoms with E-state index in [2.05, 4.69) is 6.58 Å². The van der Waals surface area contributed by atoms with Gasteiger partial charge in [-0.15, -0.1) is 6.58 Å². The lowest BCUT2D eigenvalue weighted by atomic mass is 10.1. The second-order valence-corrected chi connectivity index (χ2v) is 5.73. The van der Waals surface area contributed by atoms with Crippen molar-refractivity contribution in [3.8, 4) is 0 Å². The van der Waals surface area contributed by atoms with Gasteiger partial charge < -0.3 is 0 Å². The number of hydrogen-bond acceptors (Lipinski definition) is 2. The van der Waals surface area contributed by atoms with E-state index in [1.807, 2.05) is 13.8 Å². The summed E-state index contributed by atoms with van der Waals surface area (Å²) >= 11 is 0. The van der Waals surface area contributed by atoms with Crippen molar-refractivity contribution in [2.75, 3.05) is 0 Å². The normalized spacial score (nSPS) is 14.9. The van der Waals surface area contributed by atoms with Gasteiger partial charge in [-0.05, 0) is 12.3 Å². The molecule has 4 heteroatoms. The van der Waals surface area contributed by atoms with Gasteiger partial charge in [0.25, 0.3) is 0 Å². The molecule has 0 aromatic heterocycles. The van der Waals surface area contributed by atoms with Crippen molar-refractivity contribution in [3.63, 3.8) is 0 Å². The molecule has 0 saturated carbocycles. The van der Waals surface area contributed by atoms with E-state index >= 15 is 0 Å². The van der Waals surface area contributed by atoms with Crippen LogP contribution in [0.25, 0.3) is 0 Å². The Morgan fingerprint density at radius 1 is 1.55 bits per heavy atom. The molecule has 0 amide bonds. The molecule has 0 saturated heterocycles. The molecule has 2 nitrogen and oxygen atoms in total. The van der Waals surface area contributed by atoms with Crippen molar-refractivity contribution < 1.29 is 8.42 Å². The molecule has 0 rings (SSSR count). The van der Waals surface area contributed by atoms with Crippen LogP contribution in [0.5, 0.6) is 0 Å². The highest BCUT2D eigenvalue weighted by Gasteiger charge is 2.20. The second kappa shape index (κ2) is 4.12. The van der Waals surface area contributed by atoms with Gasteiger partial charge in [-0.25, -0.2) is 8.42 Å². The Kier molecular flexibility index (Phi) is 4.11. The molecule has 0 fully saturated rings. The van der Waals surface area contributed by atoms with Crippen LogP contribution in [0.15, 0.2) is 12.7 Å². The maximum Gasteiger partial charge on any atom is 0.239 e. The number of rotatable bonds is 4. The highest BCUT2D eigenvalue weighted by Crippen LogP contribution is 2.16. The molecule has 66 valence electrons. The minimum absolute atomic E-state index is 0.312. The fraction of sp³-hybridized carbons (Fsp3) is 0.714. The van der Waals surface area contributed by atoms with E-state index in [9.17, 15) is 8.42 Å². The first-order valence-corrected chi connectivity index (χ1v) is 5.81. The van der Waals surface area contributed by atoms with E-state index in [1.54, 1.807) is 0 Å². The molecule has 0 aromatic carbocycles. The monoisotopic (exact) mass is 196 g/mol. The number of hydrogen-bond donors (Lipinski definition) is 0. The molecule has 0 bridgehead atoms. The van der Waals surface area contributed by atoms with E-state index in [-0.39, 0.29) is 0 Å². The molecule has 0 aliphatic rings. The van der Waals surface area contributed by atoms with Crippen LogP contribution in [0.3, 0.4) is 0 Å². The zero-order valence-electron chi connectivity index (χ0n) is 6.75. The summed E-state index contributed by atoms with van der Waals surface area (Å²) in [5, 5.41) is -0.607. The van der Waals surface area contributed by atoms with E-state index in [0.717, 1.165) is 0 Å². The van der Waals surface area contributed by atoms with Crippen molar-refractivity contribution in [1.29, 1.82) is 0 Å². The lowest BCUT2D eigenvalue weighted by molar-refractivity contribution is 0.560. The summed E-state index contributed by atoms with van der Waals surface area (Å²) in [6, 6.07) is 0. The third-order valence-electron chi connectivity index (χ3n) is 1.33. The lowest BCUT2D eigenvalue weighted by Gasteiger charge is -2.10. The molecule has 1 unspecified atom stereocenters. The second-order valence-electron chi connectivity index (χ2n) is 2.88. The summed E-state index contributed by atoms with van der Waals surface area (Å²) < 4.78 is 21.6. The summed E-state index contributed by atoms with van der Waals surface area (Å²) in [5.41, 5.74) is 0. The maximum absolute atomic E-state index is 10.8. The van der Waals surface area contributed by atoms with Crippen molar-refractivity contribution in [2.45, 2.75) is 25.5 Å². The number of halogens is 1. The fourth-order valence-electron chi connectivity index (χ4n) is 0.791. The van der Waals surface area contributed by atoms with Gasteiger partial charge in [0.2, 0.25) is 9.05 Å². The quantitative estimate of drug-likeness (QED) is 0.510. The van der Waals surface area contributed by atoms with Crippen molar-refractivity contribution in [2.24, 2.45) is 5.92 Å². The lowest BCUT2D eigenvalue weighted by Crippen LogP contribution is -2.15. The van der Waals surface area contributed by atoms with Gasteiger partial charge in [0.05, 0.1) is 5.25 Å². The highest BCUT2D eigenvalue weighted by molar-refractivity contribution is 8.14. The van der Waals surface area contributed by atoms with Crippen LogP contribution in [-0.4, -0.2) is 13.7 Å². The predicted octanol–water partition coefficient (Wildman–Crippen LogP) is 2.16. The topological polar surface area (TPSA) is 34.1 Å². The van der Waals surface area contributed by atoms with Gasteiger partial charge in [0.15, 0.2) is 0 Å². The summed E-state index contributed by atoms with van der Waals surface area (Å²) in [5.74, 6) is 0.312. The SMILES string of the molecule is C=CC(CC(C)C)S(=O)(=O)Cl. The van der Waals surface area contributed by atoms with Crippen molar-refractivity contribution in [1.82, 2.24) is 0 Å². The fourth-order valence-corrected chi connectivity index (χ4v) is 2.07.